The molecular weight excluding hydrogens is 184 g/mol. The zero-order chi connectivity index (χ0) is 8.13. The van der Waals surface area contributed by atoms with Crippen molar-refractivity contribution in [2.45, 2.75) is 12.8 Å². The van der Waals surface area contributed by atoms with Gasteiger partial charge in [0.05, 0.1) is 0 Å². The van der Waals surface area contributed by atoms with Crippen LogP contribution in [0.1, 0.15) is 24.0 Å². The van der Waals surface area contributed by atoms with E-state index in [1.54, 1.807) is 0 Å². The van der Waals surface area contributed by atoms with Crippen LogP contribution in [0.3, 0.4) is 0 Å². The first-order valence-corrected chi connectivity index (χ1v) is 5.79. The Morgan fingerprint density at radius 2 is 1.50 bits per heavy atom. The Bertz CT molecular complexity index is 382. The lowest BCUT2D eigenvalue weighted by Crippen LogP contribution is -1.84. The van der Waals surface area contributed by atoms with Crippen LogP contribution in [-0.2, 0) is 0 Å². The minimum atomic E-state index is 0.632. The fourth-order valence-corrected chi connectivity index (χ4v) is 4.06. The molecule has 2 heterocycles. The van der Waals surface area contributed by atoms with Crippen LogP contribution in [0.25, 0.3) is 9.75 Å². The molecule has 0 bridgehead atoms. The van der Waals surface area contributed by atoms with Gasteiger partial charge in [0.2, 0.25) is 0 Å². The van der Waals surface area contributed by atoms with Crippen LogP contribution in [0.2, 0.25) is 0 Å². The van der Waals surface area contributed by atoms with E-state index >= 15 is 0 Å². The number of rotatable bonds is 0. The van der Waals surface area contributed by atoms with E-state index in [-0.39, 0.29) is 0 Å². The van der Waals surface area contributed by atoms with Crippen molar-refractivity contribution < 1.29 is 0 Å². The highest BCUT2D eigenvalue weighted by Crippen LogP contribution is 2.49. The lowest BCUT2D eigenvalue weighted by molar-refractivity contribution is 0.963. The van der Waals surface area contributed by atoms with E-state index in [1.165, 1.54) is 20.9 Å². The summed E-state index contributed by atoms with van der Waals surface area (Å²) >= 11 is 3.75. The first kappa shape index (κ1) is 6.87. The van der Waals surface area contributed by atoms with Gasteiger partial charge in [0.15, 0.2) is 0 Å². The van der Waals surface area contributed by atoms with Crippen LogP contribution in [-0.4, -0.2) is 0 Å². The minimum absolute atomic E-state index is 0.632. The Hall–Kier alpha value is -0.600. The maximum absolute atomic E-state index is 2.30. The molecule has 0 amide bonds. The molecule has 0 saturated heterocycles. The van der Waals surface area contributed by atoms with Gasteiger partial charge >= 0.3 is 0 Å². The molecular formula is C10H8S2. The lowest BCUT2D eigenvalue weighted by Gasteiger charge is -2.00. The van der Waals surface area contributed by atoms with E-state index < -0.39 is 0 Å². The van der Waals surface area contributed by atoms with Crippen molar-refractivity contribution in [1.29, 1.82) is 0 Å². The zero-order valence-corrected chi connectivity index (χ0v) is 8.34. The second-order valence-corrected chi connectivity index (χ2v) is 4.96. The van der Waals surface area contributed by atoms with Crippen LogP contribution < -0.4 is 0 Å². The first-order chi connectivity index (χ1) is 5.88. The van der Waals surface area contributed by atoms with Gasteiger partial charge in [-0.1, -0.05) is 6.92 Å². The summed E-state index contributed by atoms with van der Waals surface area (Å²) in [5.74, 6) is 0.632. The summed E-state index contributed by atoms with van der Waals surface area (Å²) in [6.07, 6.45) is 0. The highest BCUT2D eigenvalue weighted by Gasteiger charge is 2.27. The smallest absolute Gasteiger partial charge is 0.0483 e. The fourth-order valence-electron chi connectivity index (χ4n) is 1.86. The third-order valence-electron chi connectivity index (χ3n) is 2.53. The van der Waals surface area contributed by atoms with Gasteiger partial charge in [-0.3, -0.25) is 0 Å². The van der Waals surface area contributed by atoms with Crippen molar-refractivity contribution in [3.05, 3.63) is 34.0 Å². The maximum atomic E-state index is 2.30. The number of fused-ring (bicyclic) bond motifs is 3. The fraction of sp³-hybridized carbons (Fsp3) is 0.200. The van der Waals surface area contributed by atoms with Gasteiger partial charge in [0.25, 0.3) is 0 Å². The Morgan fingerprint density at radius 3 is 2.00 bits per heavy atom. The Morgan fingerprint density at radius 1 is 1.00 bits per heavy atom. The first-order valence-electron chi connectivity index (χ1n) is 4.03. The molecule has 0 atom stereocenters. The number of hydrogen-bond donors (Lipinski definition) is 0. The Balaban J connectivity index is 2.39. The van der Waals surface area contributed by atoms with E-state index in [4.69, 9.17) is 0 Å². The third-order valence-corrected chi connectivity index (χ3v) is 4.56. The van der Waals surface area contributed by atoms with E-state index in [1.807, 2.05) is 22.7 Å². The summed E-state index contributed by atoms with van der Waals surface area (Å²) < 4.78 is 0. The average molecular weight is 192 g/mol. The van der Waals surface area contributed by atoms with Crippen LogP contribution in [0.5, 0.6) is 0 Å². The van der Waals surface area contributed by atoms with Gasteiger partial charge in [-0.15, -0.1) is 22.7 Å². The van der Waals surface area contributed by atoms with Gasteiger partial charge in [-0.05, 0) is 34.0 Å². The van der Waals surface area contributed by atoms with E-state index in [0.29, 0.717) is 5.92 Å². The molecule has 0 nitrogen and oxygen atoms in total. The average Bonchev–Trinajstić information content (AvgIpc) is 2.72. The van der Waals surface area contributed by atoms with Crippen molar-refractivity contribution in [3.8, 4) is 9.75 Å². The lowest BCUT2D eigenvalue weighted by atomic mass is 10.0. The van der Waals surface area contributed by atoms with Crippen molar-refractivity contribution in [2.75, 3.05) is 0 Å². The summed E-state index contributed by atoms with van der Waals surface area (Å²) in [6, 6.07) is 4.52. The van der Waals surface area contributed by atoms with Crippen molar-refractivity contribution in [3.63, 3.8) is 0 Å². The topological polar surface area (TPSA) is 0 Å². The molecule has 12 heavy (non-hydrogen) atoms. The molecule has 2 aromatic rings. The molecule has 0 aromatic carbocycles. The molecule has 60 valence electrons. The molecule has 2 aromatic heterocycles. The van der Waals surface area contributed by atoms with Crippen molar-refractivity contribution in [2.24, 2.45) is 0 Å². The van der Waals surface area contributed by atoms with Crippen LogP contribution in [0.15, 0.2) is 22.9 Å². The molecule has 0 aliphatic heterocycles. The highest BCUT2D eigenvalue weighted by atomic mass is 32.1. The molecule has 0 N–H and O–H groups in total. The normalized spacial score (nSPS) is 14.8. The molecule has 2 heteroatoms. The summed E-state index contributed by atoms with van der Waals surface area (Å²) in [5.41, 5.74) is 3.06. The maximum Gasteiger partial charge on any atom is 0.0483 e. The molecule has 0 saturated carbocycles. The van der Waals surface area contributed by atoms with Gasteiger partial charge in [0.1, 0.15) is 0 Å². The zero-order valence-electron chi connectivity index (χ0n) is 6.70. The predicted molar refractivity (Wildman–Crippen MR) is 55.1 cm³/mol. The summed E-state index contributed by atoms with van der Waals surface area (Å²) in [6.45, 7) is 2.30. The highest BCUT2D eigenvalue weighted by molar-refractivity contribution is 7.20. The van der Waals surface area contributed by atoms with E-state index in [9.17, 15) is 0 Å². The third kappa shape index (κ3) is 0.673. The van der Waals surface area contributed by atoms with Crippen molar-refractivity contribution in [1.82, 2.24) is 0 Å². The molecule has 1 aliphatic rings. The van der Waals surface area contributed by atoms with Gasteiger partial charge < -0.3 is 0 Å². The predicted octanol–water partition coefficient (Wildman–Crippen LogP) is 3.94. The van der Waals surface area contributed by atoms with Crippen LogP contribution in [0, 0.1) is 0 Å². The quantitative estimate of drug-likeness (QED) is 0.593. The second-order valence-electron chi connectivity index (χ2n) is 3.13. The molecule has 3 rings (SSSR count). The Labute approximate surface area is 79.5 Å². The van der Waals surface area contributed by atoms with E-state index in [0.717, 1.165) is 0 Å². The monoisotopic (exact) mass is 192 g/mol. The van der Waals surface area contributed by atoms with E-state index in [2.05, 4.69) is 29.8 Å². The standard InChI is InChI=1S/C10H8S2/c1-6-7-2-4-11-9(7)10-8(6)3-5-12-10/h2-6H,1H3. The SMILES string of the molecule is CC1c2ccsc2-c2sccc21. The summed E-state index contributed by atoms with van der Waals surface area (Å²) in [7, 11) is 0. The molecule has 0 unspecified atom stereocenters. The molecule has 1 aliphatic carbocycles. The number of thiophene rings is 2. The number of hydrogen-bond acceptors (Lipinski definition) is 2. The van der Waals surface area contributed by atoms with Gasteiger partial charge in [-0.2, -0.15) is 0 Å². The summed E-state index contributed by atoms with van der Waals surface area (Å²) in [4.78, 5) is 3.01. The molecule has 0 fully saturated rings. The van der Waals surface area contributed by atoms with Gasteiger partial charge in [-0.25, -0.2) is 0 Å². The summed E-state index contributed by atoms with van der Waals surface area (Å²) in [5, 5.41) is 4.40. The largest absolute Gasteiger partial charge is 0.143 e. The van der Waals surface area contributed by atoms with Crippen LogP contribution >= 0.6 is 22.7 Å². The van der Waals surface area contributed by atoms with Crippen molar-refractivity contribution >= 4 is 22.7 Å². The molecule has 0 spiro atoms. The van der Waals surface area contributed by atoms with Gasteiger partial charge in [0, 0.05) is 15.7 Å². The van der Waals surface area contributed by atoms with Crippen LogP contribution in [0.4, 0.5) is 0 Å². The Kier molecular flexibility index (Phi) is 1.26. The molecule has 0 radical (unpaired) electrons. The second kappa shape index (κ2) is 2.21. The minimum Gasteiger partial charge on any atom is -0.143 e.